The van der Waals surface area contributed by atoms with Crippen molar-refractivity contribution < 1.29 is 0 Å². The van der Waals surface area contributed by atoms with Crippen molar-refractivity contribution >= 4 is 28.0 Å². The molecule has 0 saturated carbocycles. The van der Waals surface area contributed by atoms with E-state index in [-0.39, 0.29) is 16.7 Å². The number of aryl methyl sites for hydroxylation is 2. The molecule has 0 aliphatic carbocycles. The minimum Gasteiger partial charge on any atom is -0.378 e. The summed E-state index contributed by atoms with van der Waals surface area (Å²) in [6.07, 6.45) is 0. The van der Waals surface area contributed by atoms with E-state index in [0.717, 1.165) is 22.5 Å². The van der Waals surface area contributed by atoms with Crippen molar-refractivity contribution in [2.24, 2.45) is 0 Å². The average Bonchev–Trinajstić information content (AvgIpc) is 2.66. The number of anilines is 3. The van der Waals surface area contributed by atoms with Crippen molar-refractivity contribution in [3.05, 3.63) is 74.2 Å². The van der Waals surface area contributed by atoms with E-state index in [1.807, 2.05) is 69.2 Å². The summed E-state index contributed by atoms with van der Waals surface area (Å²) in [5.41, 5.74) is 4.15. The van der Waals surface area contributed by atoms with Crippen LogP contribution < -0.4 is 21.2 Å². The first kappa shape index (κ1) is 16.8. The van der Waals surface area contributed by atoms with Crippen molar-refractivity contribution in [1.29, 1.82) is 0 Å². The van der Waals surface area contributed by atoms with Crippen LogP contribution in [0.3, 0.4) is 0 Å². The Kier molecular flexibility index (Phi) is 4.31. The monoisotopic (exact) mass is 335 g/mol. The average molecular weight is 335 g/mol. The van der Waals surface area contributed by atoms with E-state index < -0.39 is 0 Å². The van der Waals surface area contributed by atoms with E-state index >= 15 is 0 Å². The van der Waals surface area contributed by atoms with E-state index in [9.17, 15) is 9.59 Å². The number of fused-ring (bicyclic) bond motifs is 1. The number of aromatic amines is 1. The number of nitrogens with one attached hydrogen (secondary N) is 2. The Morgan fingerprint density at radius 3 is 2.20 bits per heavy atom. The molecule has 0 amide bonds. The molecule has 2 aromatic carbocycles. The standard InChI is InChI=1S/C20H21N3O2/c1-12-9-16-17(10-13(12)2)22-19(24)11-18(20(16)25)21-14-5-7-15(8-6-14)23(3)4/h5-11H,1-4H3,(H,21,25)(H,22,24). The zero-order valence-electron chi connectivity index (χ0n) is 14.8. The second kappa shape index (κ2) is 6.43. The first-order valence-corrected chi connectivity index (χ1v) is 8.08. The highest BCUT2D eigenvalue weighted by molar-refractivity contribution is 5.83. The van der Waals surface area contributed by atoms with Crippen molar-refractivity contribution in [1.82, 2.24) is 4.98 Å². The zero-order chi connectivity index (χ0) is 18.1. The van der Waals surface area contributed by atoms with Crippen LogP contribution in [0.4, 0.5) is 17.1 Å². The Hall–Kier alpha value is -3.08. The molecule has 0 saturated heterocycles. The summed E-state index contributed by atoms with van der Waals surface area (Å²) in [6.45, 7) is 3.91. The van der Waals surface area contributed by atoms with Gasteiger partial charge >= 0.3 is 0 Å². The number of aromatic nitrogens is 1. The second-order valence-corrected chi connectivity index (χ2v) is 6.42. The molecule has 128 valence electrons. The van der Waals surface area contributed by atoms with E-state index in [1.54, 1.807) is 0 Å². The summed E-state index contributed by atoms with van der Waals surface area (Å²) in [4.78, 5) is 29.8. The molecule has 0 spiro atoms. The highest BCUT2D eigenvalue weighted by Crippen LogP contribution is 2.19. The van der Waals surface area contributed by atoms with Gasteiger partial charge in [0.05, 0.1) is 11.2 Å². The smallest absolute Gasteiger partial charge is 0.250 e. The summed E-state index contributed by atoms with van der Waals surface area (Å²) in [5.74, 6) is 0. The Balaban J connectivity index is 2.13. The number of nitrogens with zero attached hydrogens (tertiary/aromatic N) is 1. The first-order chi connectivity index (χ1) is 11.8. The van der Waals surface area contributed by atoms with Crippen LogP contribution in [-0.2, 0) is 0 Å². The van der Waals surface area contributed by atoms with Gasteiger partial charge < -0.3 is 15.2 Å². The Morgan fingerprint density at radius 2 is 1.56 bits per heavy atom. The van der Waals surface area contributed by atoms with Gasteiger partial charge in [-0.2, -0.15) is 0 Å². The Labute approximate surface area is 145 Å². The van der Waals surface area contributed by atoms with Crippen molar-refractivity contribution in [3.8, 4) is 0 Å². The topological polar surface area (TPSA) is 65.2 Å². The molecule has 1 aromatic heterocycles. The van der Waals surface area contributed by atoms with Crippen molar-refractivity contribution in [3.63, 3.8) is 0 Å². The third-order valence-corrected chi connectivity index (χ3v) is 4.32. The largest absolute Gasteiger partial charge is 0.378 e. The highest BCUT2D eigenvalue weighted by Gasteiger charge is 2.08. The maximum atomic E-state index is 12.9. The second-order valence-electron chi connectivity index (χ2n) is 6.42. The summed E-state index contributed by atoms with van der Waals surface area (Å²) in [7, 11) is 3.93. The van der Waals surface area contributed by atoms with E-state index in [1.165, 1.54) is 6.07 Å². The molecule has 0 unspecified atom stereocenters. The molecule has 0 fully saturated rings. The molecule has 2 N–H and O–H groups in total. The summed E-state index contributed by atoms with van der Waals surface area (Å²) < 4.78 is 0. The van der Waals surface area contributed by atoms with Gasteiger partial charge in [0, 0.05) is 36.9 Å². The number of hydrogen-bond donors (Lipinski definition) is 2. The molecule has 0 aliphatic rings. The lowest BCUT2D eigenvalue weighted by atomic mass is 10.1. The fourth-order valence-electron chi connectivity index (χ4n) is 2.71. The molecular weight excluding hydrogens is 314 g/mol. The third kappa shape index (κ3) is 3.40. The van der Waals surface area contributed by atoms with Crippen LogP contribution >= 0.6 is 0 Å². The lowest BCUT2D eigenvalue weighted by Gasteiger charge is -2.13. The fraction of sp³-hybridized carbons (Fsp3) is 0.200. The van der Waals surface area contributed by atoms with Crippen LogP contribution in [0.2, 0.25) is 0 Å². The van der Waals surface area contributed by atoms with E-state index in [2.05, 4.69) is 10.3 Å². The van der Waals surface area contributed by atoms with Gasteiger partial charge in [0.2, 0.25) is 5.43 Å². The van der Waals surface area contributed by atoms with Crippen molar-refractivity contribution in [2.45, 2.75) is 13.8 Å². The van der Waals surface area contributed by atoms with Crippen LogP contribution in [-0.4, -0.2) is 19.1 Å². The SMILES string of the molecule is Cc1cc2[nH]c(=O)cc(Nc3ccc(N(C)C)cc3)c(=O)c2cc1C. The van der Waals surface area contributed by atoms with Crippen LogP contribution in [0, 0.1) is 13.8 Å². The van der Waals surface area contributed by atoms with E-state index in [4.69, 9.17) is 0 Å². The quantitative estimate of drug-likeness (QED) is 0.771. The third-order valence-electron chi connectivity index (χ3n) is 4.32. The highest BCUT2D eigenvalue weighted by atomic mass is 16.1. The number of hydrogen-bond acceptors (Lipinski definition) is 4. The van der Waals surface area contributed by atoms with Gasteiger partial charge in [0.25, 0.3) is 5.56 Å². The predicted molar refractivity (Wildman–Crippen MR) is 104 cm³/mol. The fourth-order valence-corrected chi connectivity index (χ4v) is 2.71. The van der Waals surface area contributed by atoms with E-state index in [0.29, 0.717) is 10.9 Å². The molecule has 3 aromatic rings. The number of benzene rings is 2. The summed E-state index contributed by atoms with van der Waals surface area (Å²) in [6, 6.07) is 12.6. The Morgan fingerprint density at radius 1 is 0.920 bits per heavy atom. The van der Waals surface area contributed by atoms with Gasteiger partial charge in [-0.05, 0) is 61.4 Å². The van der Waals surface area contributed by atoms with Gasteiger partial charge in [0.15, 0.2) is 0 Å². The molecule has 0 radical (unpaired) electrons. The van der Waals surface area contributed by atoms with Crippen LogP contribution in [0.1, 0.15) is 11.1 Å². The minimum absolute atomic E-state index is 0.201. The van der Waals surface area contributed by atoms with Crippen LogP contribution in [0.25, 0.3) is 10.9 Å². The van der Waals surface area contributed by atoms with Crippen LogP contribution in [0.5, 0.6) is 0 Å². The van der Waals surface area contributed by atoms with Crippen molar-refractivity contribution in [2.75, 3.05) is 24.3 Å². The number of H-pyrrole nitrogens is 1. The molecule has 5 heteroatoms. The molecule has 0 atom stereocenters. The molecular formula is C20H21N3O2. The first-order valence-electron chi connectivity index (χ1n) is 8.08. The molecule has 25 heavy (non-hydrogen) atoms. The molecule has 0 bridgehead atoms. The van der Waals surface area contributed by atoms with Gasteiger partial charge in [-0.15, -0.1) is 0 Å². The van der Waals surface area contributed by atoms with Gasteiger partial charge in [-0.25, -0.2) is 0 Å². The Bertz CT molecular complexity index is 1050. The molecule has 1 heterocycles. The summed E-state index contributed by atoms with van der Waals surface area (Å²) >= 11 is 0. The lowest BCUT2D eigenvalue weighted by Crippen LogP contribution is -2.09. The van der Waals surface area contributed by atoms with Gasteiger partial charge in [-0.3, -0.25) is 9.59 Å². The van der Waals surface area contributed by atoms with Crippen LogP contribution in [0.15, 0.2) is 52.1 Å². The summed E-state index contributed by atoms with van der Waals surface area (Å²) in [5, 5.41) is 3.57. The predicted octanol–water partition coefficient (Wildman–Crippen LogP) is 3.31. The van der Waals surface area contributed by atoms with Gasteiger partial charge in [-0.1, -0.05) is 0 Å². The minimum atomic E-state index is -0.317. The maximum Gasteiger partial charge on any atom is 0.250 e. The lowest BCUT2D eigenvalue weighted by molar-refractivity contribution is 1.13. The normalized spacial score (nSPS) is 10.7. The van der Waals surface area contributed by atoms with Gasteiger partial charge in [0.1, 0.15) is 0 Å². The molecule has 3 rings (SSSR count). The molecule has 5 nitrogen and oxygen atoms in total. The number of rotatable bonds is 3. The zero-order valence-corrected chi connectivity index (χ0v) is 14.8. The maximum absolute atomic E-state index is 12.9. The molecule has 0 aliphatic heterocycles.